The van der Waals surface area contributed by atoms with Gasteiger partial charge < -0.3 is 20.3 Å². The zero-order valence-electron chi connectivity index (χ0n) is 17.6. The third-order valence-corrected chi connectivity index (χ3v) is 5.48. The fourth-order valence-electron chi connectivity index (χ4n) is 3.42. The second-order valence-corrected chi connectivity index (χ2v) is 8.08. The lowest BCUT2D eigenvalue weighted by molar-refractivity contribution is 0.0295. The van der Waals surface area contributed by atoms with E-state index in [1.54, 1.807) is 20.5 Å². The molecule has 0 aliphatic carbocycles. The van der Waals surface area contributed by atoms with Gasteiger partial charge in [-0.1, -0.05) is 23.7 Å². The molecule has 9 nitrogen and oxygen atoms in total. The van der Waals surface area contributed by atoms with Crippen LogP contribution >= 0.6 is 23.8 Å². The lowest BCUT2D eigenvalue weighted by Crippen LogP contribution is -2.41. The first-order chi connectivity index (χ1) is 15.5. The van der Waals surface area contributed by atoms with Crippen molar-refractivity contribution in [3.63, 3.8) is 0 Å². The predicted octanol–water partition coefficient (Wildman–Crippen LogP) is 3.08. The number of amides is 1. The maximum Gasteiger partial charge on any atom is 0.274 e. The average Bonchev–Trinajstić information content (AvgIpc) is 3.41. The molecule has 1 aliphatic heterocycles. The number of rotatable bonds is 6. The maximum atomic E-state index is 13.1. The van der Waals surface area contributed by atoms with E-state index in [0.29, 0.717) is 66.7 Å². The normalized spacial score (nSPS) is 13.8. The van der Waals surface area contributed by atoms with Gasteiger partial charge in [0.15, 0.2) is 10.9 Å². The summed E-state index contributed by atoms with van der Waals surface area (Å²) in [7, 11) is 0. The topological polar surface area (TPSA) is 89.2 Å². The largest absolute Gasteiger partial charge is 0.378 e. The minimum atomic E-state index is -0.0924. The summed E-state index contributed by atoms with van der Waals surface area (Å²) in [5, 5.41) is 16.0. The molecule has 1 saturated heterocycles. The fraction of sp³-hybridized carbons (Fsp3) is 0.333. The van der Waals surface area contributed by atoms with Crippen LogP contribution < -0.4 is 10.6 Å². The molecule has 0 saturated carbocycles. The second kappa shape index (κ2) is 10.1. The van der Waals surface area contributed by atoms with Gasteiger partial charge in [-0.25, -0.2) is 0 Å². The summed E-state index contributed by atoms with van der Waals surface area (Å²) in [5.41, 5.74) is 2.12. The molecular formula is C21H24ClN7O2S. The van der Waals surface area contributed by atoms with Gasteiger partial charge in [-0.2, -0.15) is 10.2 Å². The molecule has 1 aliphatic rings. The summed E-state index contributed by atoms with van der Waals surface area (Å²) in [6.07, 6.45) is 3.48. The molecule has 168 valence electrons. The van der Waals surface area contributed by atoms with Crippen molar-refractivity contribution in [2.75, 3.05) is 36.9 Å². The van der Waals surface area contributed by atoms with Gasteiger partial charge in [0.25, 0.3) is 5.91 Å². The van der Waals surface area contributed by atoms with Gasteiger partial charge in [0, 0.05) is 36.9 Å². The van der Waals surface area contributed by atoms with Crippen molar-refractivity contribution in [1.82, 2.24) is 24.5 Å². The molecule has 0 atom stereocenters. The van der Waals surface area contributed by atoms with E-state index in [0.717, 1.165) is 5.56 Å². The molecular weight excluding hydrogens is 450 g/mol. The number of aryl methyl sites for hydroxylation is 1. The summed E-state index contributed by atoms with van der Waals surface area (Å²) in [6, 6.07) is 9.46. The first kappa shape index (κ1) is 22.3. The highest BCUT2D eigenvalue weighted by Crippen LogP contribution is 2.19. The molecule has 3 heterocycles. The number of morpholine rings is 1. The van der Waals surface area contributed by atoms with Crippen LogP contribution in [-0.2, 0) is 17.8 Å². The highest BCUT2D eigenvalue weighted by atomic mass is 35.5. The Labute approximate surface area is 196 Å². The third-order valence-electron chi connectivity index (χ3n) is 5.03. The Balaban J connectivity index is 1.41. The van der Waals surface area contributed by atoms with Crippen molar-refractivity contribution in [1.29, 1.82) is 0 Å². The van der Waals surface area contributed by atoms with Gasteiger partial charge in [-0.15, -0.1) is 0 Å². The lowest BCUT2D eigenvalue weighted by Gasteiger charge is -2.27. The molecule has 1 amide bonds. The highest BCUT2D eigenvalue weighted by molar-refractivity contribution is 7.80. The molecule has 0 spiro atoms. The SMILES string of the molecule is CCn1ncc(NC(=S)Nc2ccn(Cc3ccc(Cl)cc3)n2)c1C(=O)N1CCOCC1. The fourth-order valence-corrected chi connectivity index (χ4v) is 3.76. The molecule has 0 unspecified atom stereocenters. The van der Waals surface area contributed by atoms with Gasteiger partial charge in [0.05, 0.1) is 31.6 Å². The first-order valence-electron chi connectivity index (χ1n) is 10.3. The average molecular weight is 474 g/mol. The molecule has 4 rings (SSSR count). The number of nitrogens with one attached hydrogen (secondary N) is 2. The van der Waals surface area contributed by atoms with Crippen LogP contribution in [0.5, 0.6) is 0 Å². The van der Waals surface area contributed by atoms with Crippen molar-refractivity contribution in [2.45, 2.75) is 20.0 Å². The van der Waals surface area contributed by atoms with Gasteiger partial charge >= 0.3 is 0 Å². The van der Waals surface area contributed by atoms with Crippen LogP contribution in [0, 0.1) is 0 Å². The Hall–Kier alpha value is -2.95. The van der Waals surface area contributed by atoms with Crippen LogP contribution in [0.25, 0.3) is 0 Å². The van der Waals surface area contributed by atoms with Crippen molar-refractivity contribution in [3.8, 4) is 0 Å². The lowest BCUT2D eigenvalue weighted by atomic mass is 10.2. The van der Waals surface area contributed by atoms with E-state index in [1.807, 2.05) is 43.5 Å². The molecule has 3 aromatic rings. The number of hydrogen-bond acceptors (Lipinski definition) is 5. The van der Waals surface area contributed by atoms with Crippen LogP contribution in [-0.4, -0.2) is 61.8 Å². The molecule has 0 radical (unpaired) electrons. The molecule has 1 aromatic carbocycles. The molecule has 2 aromatic heterocycles. The van der Waals surface area contributed by atoms with E-state index < -0.39 is 0 Å². The van der Waals surface area contributed by atoms with E-state index in [4.69, 9.17) is 28.6 Å². The number of anilines is 2. The Morgan fingerprint density at radius 3 is 2.66 bits per heavy atom. The van der Waals surface area contributed by atoms with Crippen molar-refractivity contribution in [3.05, 3.63) is 59.0 Å². The third kappa shape index (κ3) is 5.26. The van der Waals surface area contributed by atoms with E-state index in [9.17, 15) is 4.79 Å². The predicted molar refractivity (Wildman–Crippen MR) is 127 cm³/mol. The monoisotopic (exact) mass is 473 g/mol. The highest BCUT2D eigenvalue weighted by Gasteiger charge is 2.25. The van der Waals surface area contributed by atoms with Crippen molar-refractivity contribution in [2.24, 2.45) is 0 Å². The number of ether oxygens (including phenoxy) is 1. The van der Waals surface area contributed by atoms with E-state index in [1.165, 1.54) is 0 Å². The number of halogens is 1. The van der Waals surface area contributed by atoms with Gasteiger partial charge in [-0.05, 0) is 36.8 Å². The maximum absolute atomic E-state index is 13.1. The van der Waals surface area contributed by atoms with Gasteiger partial charge in [0.1, 0.15) is 5.69 Å². The smallest absolute Gasteiger partial charge is 0.274 e. The zero-order valence-corrected chi connectivity index (χ0v) is 19.2. The Bertz CT molecular complexity index is 1090. The molecule has 2 N–H and O–H groups in total. The van der Waals surface area contributed by atoms with E-state index >= 15 is 0 Å². The number of benzene rings is 1. The summed E-state index contributed by atoms with van der Waals surface area (Å²) in [4.78, 5) is 14.9. The molecule has 0 bridgehead atoms. The first-order valence-corrected chi connectivity index (χ1v) is 11.1. The Kier molecular flexibility index (Phi) is 7.03. The Morgan fingerprint density at radius 2 is 1.94 bits per heavy atom. The number of aromatic nitrogens is 4. The number of nitrogens with zero attached hydrogens (tertiary/aromatic N) is 5. The van der Waals surface area contributed by atoms with E-state index in [-0.39, 0.29) is 5.91 Å². The van der Waals surface area contributed by atoms with Crippen LogP contribution in [0.15, 0.2) is 42.7 Å². The number of hydrogen-bond donors (Lipinski definition) is 2. The standard InChI is InChI=1S/C21H24ClN7O2S/c1-2-29-19(20(30)27-9-11-31-12-10-27)17(13-23-29)24-21(32)25-18-7-8-28(26-18)14-15-3-5-16(22)6-4-15/h3-8,13H,2,9-12,14H2,1H3,(H2,24,25,26,32). The summed E-state index contributed by atoms with van der Waals surface area (Å²) >= 11 is 11.4. The minimum absolute atomic E-state index is 0.0924. The number of thiocarbonyl (C=S) groups is 1. The van der Waals surface area contributed by atoms with Crippen molar-refractivity contribution >= 4 is 46.3 Å². The van der Waals surface area contributed by atoms with Crippen molar-refractivity contribution < 1.29 is 9.53 Å². The van der Waals surface area contributed by atoms with Crippen LogP contribution in [0.3, 0.4) is 0 Å². The van der Waals surface area contributed by atoms with Gasteiger partial charge in [-0.3, -0.25) is 14.2 Å². The van der Waals surface area contributed by atoms with Crippen LogP contribution in [0.1, 0.15) is 23.0 Å². The zero-order chi connectivity index (χ0) is 22.5. The quantitative estimate of drug-likeness (QED) is 0.532. The summed E-state index contributed by atoms with van der Waals surface area (Å²) < 4.78 is 8.82. The number of carbonyl (C=O) groups excluding carboxylic acids is 1. The second-order valence-electron chi connectivity index (χ2n) is 7.23. The Morgan fingerprint density at radius 1 is 1.19 bits per heavy atom. The molecule has 32 heavy (non-hydrogen) atoms. The van der Waals surface area contributed by atoms with E-state index in [2.05, 4.69) is 20.8 Å². The number of carbonyl (C=O) groups is 1. The van der Waals surface area contributed by atoms with Gasteiger partial charge in [0.2, 0.25) is 0 Å². The minimum Gasteiger partial charge on any atom is -0.378 e. The summed E-state index contributed by atoms with van der Waals surface area (Å²) in [5.74, 6) is 0.505. The van der Waals surface area contributed by atoms with Crippen LogP contribution in [0.4, 0.5) is 11.5 Å². The molecule has 1 fully saturated rings. The molecule has 11 heteroatoms. The van der Waals surface area contributed by atoms with Crippen LogP contribution in [0.2, 0.25) is 5.02 Å². The summed E-state index contributed by atoms with van der Waals surface area (Å²) in [6.45, 7) is 5.31.